The smallest absolute Gasteiger partial charge is 0.303 e. The van der Waals surface area contributed by atoms with E-state index in [1.165, 1.54) is 11.8 Å². The van der Waals surface area contributed by atoms with Gasteiger partial charge in [0.05, 0.1) is 36.3 Å². The van der Waals surface area contributed by atoms with Gasteiger partial charge in [-0.1, -0.05) is 23.9 Å². The third kappa shape index (κ3) is 4.44. The minimum atomic E-state index is -3.17. The van der Waals surface area contributed by atoms with Gasteiger partial charge >= 0.3 is 5.97 Å². The van der Waals surface area contributed by atoms with Crippen molar-refractivity contribution in [3.05, 3.63) is 24.3 Å². The Morgan fingerprint density at radius 3 is 2.74 bits per heavy atom. The largest absolute Gasteiger partial charge is 0.492 e. The Bertz CT molecular complexity index is 883. The first kappa shape index (κ1) is 19.7. The third-order valence-electron chi connectivity index (χ3n) is 4.26. The molecule has 0 aliphatic carbocycles. The van der Waals surface area contributed by atoms with Gasteiger partial charge in [0.15, 0.2) is 15.0 Å². The van der Waals surface area contributed by atoms with Gasteiger partial charge in [-0.25, -0.2) is 8.42 Å². The second-order valence-corrected chi connectivity index (χ2v) is 9.61. The summed E-state index contributed by atoms with van der Waals surface area (Å²) in [5.74, 6) is -1.02. The lowest BCUT2D eigenvalue weighted by molar-refractivity contribution is -0.138. The summed E-state index contributed by atoms with van der Waals surface area (Å²) in [6, 6.07) is 6.87. The summed E-state index contributed by atoms with van der Waals surface area (Å²) < 4.78 is 29.9. The van der Waals surface area contributed by atoms with Crippen molar-refractivity contribution >= 4 is 44.3 Å². The van der Waals surface area contributed by atoms with E-state index in [2.05, 4.69) is 4.99 Å². The van der Waals surface area contributed by atoms with Crippen LogP contribution in [0.3, 0.4) is 0 Å². The molecule has 2 fully saturated rings. The molecule has 8 nitrogen and oxygen atoms in total. The monoisotopic (exact) mass is 412 g/mol. The molecule has 10 heteroatoms. The number of aliphatic imine (C=N–C) groups is 1. The van der Waals surface area contributed by atoms with Crippen LogP contribution in [0.5, 0.6) is 5.75 Å². The number of amidine groups is 1. The summed E-state index contributed by atoms with van der Waals surface area (Å²) in [6.45, 7) is 2.29. The third-order valence-corrected chi connectivity index (χ3v) is 7.47. The van der Waals surface area contributed by atoms with Crippen LogP contribution in [-0.4, -0.2) is 60.0 Å². The highest BCUT2D eigenvalue weighted by molar-refractivity contribution is 8.16. The standard InChI is InChI=1S/C17H20N2O6S2/c1-2-25-13-6-4-3-5-11(13)19-12-9-27(23,24)10-14(12)26-17(19)18-15(20)7-8-16(21)22/h3-6,12,14H,2,7-10H2,1H3,(H,21,22). The van der Waals surface area contributed by atoms with Crippen molar-refractivity contribution in [3.63, 3.8) is 0 Å². The topological polar surface area (TPSA) is 113 Å². The normalized spacial score (nSPS) is 24.8. The molecule has 1 aromatic carbocycles. The number of carboxylic acids is 1. The highest BCUT2D eigenvalue weighted by Crippen LogP contribution is 2.43. The van der Waals surface area contributed by atoms with Gasteiger partial charge in [-0.3, -0.25) is 9.59 Å². The van der Waals surface area contributed by atoms with Crippen molar-refractivity contribution in [2.45, 2.75) is 31.1 Å². The molecule has 146 valence electrons. The first-order chi connectivity index (χ1) is 12.8. The van der Waals surface area contributed by atoms with Crippen LogP contribution in [0.25, 0.3) is 0 Å². The highest BCUT2D eigenvalue weighted by atomic mass is 32.2. The van der Waals surface area contributed by atoms with E-state index in [4.69, 9.17) is 9.84 Å². The summed E-state index contributed by atoms with van der Waals surface area (Å²) >= 11 is 1.25. The maximum Gasteiger partial charge on any atom is 0.303 e. The zero-order valence-corrected chi connectivity index (χ0v) is 16.3. The van der Waals surface area contributed by atoms with Gasteiger partial charge in [0, 0.05) is 11.7 Å². The summed E-state index contributed by atoms with van der Waals surface area (Å²) in [6.07, 6.45) is -0.495. The van der Waals surface area contributed by atoms with Crippen LogP contribution in [0.2, 0.25) is 0 Å². The van der Waals surface area contributed by atoms with Gasteiger partial charge in [-0.2, -0.15) is 4.99 Å². The molecule has 27 heavy (non-hydrogen) atoms. The Morgan fingerprint density at radius 2 is 2.04 bits per heavy atom. The molecule has 1 amide bonds. The van der Waals surface area contributed by atoms with Crippen molar-refractivity contribution in [2.75, 3.05) is 23.0 Å². The Kier molecular flexibility index (Phi) is 5.75. The summed E-state index contributed by atoms with van der Waals surface area (Å²) in [7, 11) is -3.17. The first-order valence-electron chi connectivity index (χ1n) is 8.52. The van der Waals surface area contributed by atoms with Crippen LogP contribution < -0.4 is 9.64 Å². The molecule has 2 aliphatic heterocycles. The second-order valence-electron chi connectivity index (χ2n) is 6.25. The van der Waals surface area contributed by atoms with Crippen molar-refractivity contribution in [2.24, 2.45) is 4.99 Å². The van der Waals surface area contributed by atoms with Crippen LogP contribution in [-0.2, 0) is 19.4 Å². The van der Waals surface area contributed by atoms with E-state index < -0.39 is 21.7 Å². The number of ether oxygens (including phenoxy) is 1. The van der Waals surface area contributed by atoms with Gasteiger partial charge in [0.1, 0.15) is 5.75 Å². The number of para-hydroxylation sites is 2. The van der Waals surface area contributed by atoms with E-state index in [1.807, 2.05) is 19.1 Å². The minimum Gasteiger partial charge on any atom is -0.492 e. The molecule has 3 rings (SSSR count). The molecule has 0 spiro atoms. The number of aliphatic carboxylic acids is 1. The molecule has 2 heterocycles. The highest BCUT2D eigenvalue weighted by Gasteiger charge is 2.50. The van der Waals surface area contributed by atoms with E-state index in [0.717, 1.165) is 0 Å². The van der Waals surface area contributed by atoms with E-state index in [0.29, 0.717) is 23.2 Å². The zero-order valence-electron chi connectivity index (χ0n) is 14.7. The van der Waals surface area contributed by atoms with Gasteiger partial charge in [-0.15, -0.1) is 0 Å². The number of rotatable bonds is 6. The van der Waals surface area contributed by atoms with Crippen LogP contribution in [0.15, 0.2) is 29.3 Å². The molecule has 1 aromatic rings. The number of thioether (sulfide) groups is 1. The number of anilines is 1. The lowest BCUT2D eigenvalue weighted by Gasteiger charge is -2.26. The van der Waals surface area contributed by atoms with E-state index >= 15 is 0 Å². The number of carbonyl (C=O) groups is 2. The quantitative estimate of drug-likeness (QED) is 0.749. The maximum absolute atomic E-state index is 12.1. The summed E-state index contributed by atoms with van der Waals surface area (Å²) in [5, 5.41) is 8.90. The van der Waals surface area contributed by atoms with E-state index in [-0.39, 0.29) is 35.6 Å². The lowest BCUT2D eigenvalue weighted by atomic mass is 10.2. The fraction of sp³-hybridized carbons (Fsp3) is 0.471. The van der Waals surface area contributed by atoms with Crippen molar-refractivity contribution in [1.29, 1.82) is 0 Å². The number of hydrogen-bond donors (Lipinski definition) is 1. The van der Waals surface area contributed by atoms with Gasteiger partial charge in [0.2, 0.25) is 5.91 Å². The van der Waals surface area contributed by atoms with Gasteiger partial charge in [-0.05, 0) is 19.1 Å². The van der Waals surface area contributed by atoms with Crippen LogP contribution in [0, 0.1) is 0 Å². The second kappa shape index (κ2) is 7.89. The number of fused-ring (bicyclic) bond motifs is 1. The van der Waals surface area contributed by atoms with Gasteiger partial charge in [0.25, 0.3) is 0 Å². The number of sulfone groups is 1. The summed E-state index contributed by atoms with van der Waals surface area (Å²) in [4.78, 5) is 28.6. The van der Waals surface area contributed by atoms with Crippen molar-refractivity contribution in [3.8, 4) is 5.75 Å². The number of nitrogens with zero attached hydrogens (tertiary/aromatic N) is 2. The summed E-state index contributed by atoms with van der Waals surface area (Å²) in [5.41, 5.74) is 0.654. The molecule has 2 saturated heterocycles. The molecule has 1 N–H and O–H groups in total. The first-order valence-corrected chi connectivity index (χ1v) is 11.2. The molecule has 0 bridgehead atoms. The SMILES string of the molecule is CCOc1ccccc1N1C(=NC(=O)CCC(=O)O)SC2CS(=O)(=O)CC21. The Hall–Kier alpha value is -2.07. The van der Waals surface area contributed by atoms with Crippen LogP contribution >= 0.6 is 11.8 Å². The van der Waals surface area contributed by atoms with Crippen molar-refractivity contribution < 1.29 is 27.9 Å². The van der Waals surface area contributed by atoms with E-state index in [1.54, 1.807) is 17.0 Å². The fourth-order valence-electron chi connectivity index (χ4n) is 3.16. The Morgan fingerprint density at radius 1 is 1.30 bits per heavy atom. The molecule has 0 radical (unpaired) electrons. The minimum absolute atomic E-state index is 0.0204. The van der Waals surface area contributed by atoms with E-state index in [9.17, 15) is 18.0 Å². The molecule has 2 atom stereocenters. The number of hydrogen-bond acceptors (Lipinski definition) is 6. The zero-order chi connectivity index (χ0) is 19.6. The number of carbonyl (C=O) groups excluding carboxylic acids is 1. The molecular weight excluding hydrogens is 392 g/mol. The molecular formula is C17H20N2O6S2. The molecule has 2 aliphatic rings. The molecule has 2 unspecified atom stereocenters. The maximum atomic E-state index is 12.1. The predicted octanol–water partition coefficient (Wildman–Crippen LogP) is 1.55. The van der Waals surface area contributed by atoms with Crippen molar-refractivity contribution in [1.82, 2.24) is 0 Å². The number of carboxylic acid groups (broad SMARTS) is 1. The predicted molar refractivity (Wildman–Crippen MR) is 103 cm³/mol. The average molecular weight is 412 g/mol. The average Bonchev–Trinajstić information content (AvgIpc) is 3.05. The number of amides is 1. The van der Waals surface area contributed by atoms with Crippen LogP contribution in [0.4, 0.5) is 5.69 Å². The molecule has 0 aromatic heterocycles. The van der Waals surface area contributed by atoms with Crippen LogP contribution in [0.1, 0.15) is 19.8 Å². The molecule has 0 saturated carbocycles. The lowest BCUT2D eigenvalue weighted by Crippen LogP contribution is -2.38. The Labute approximate surface area is 161 Å². The number of benzene rings is 1. The van der Waals surface area contributed by atoms with Gasteiger partial charge < -0.3 is 14.7 Å². The fourth-order valence-corrected chi connectivity index (χ4v) is 7.08. The Balaban J connectivity index is 1.96.